The van der Waals surface area contributed by atoms with Gasteiger partial charge in [0.15, 0.2) is 11.5 Å². The number of alkyl halides is 1. The summed E-state index contributed by atoms with van der Waals surface area (Å²) in [4.78, 5) is 0.470. The van der Waals surface area contributed by atoms with Crippen LogP contribution in [0.5, 0.6) is 11.5 Å². The third kappa shape index (κ3) is 1.81. The van der Waals surface area contributed by atoms with Crippen LogP contribution in [0.1, 0.15) is 29.7 Å². The van der Waals surface area contributed by atoms with E-state index in [9.17, 15) is 0 Å². The lowest BCUT2D eigenvalue weighted by Crippen LogP contribution is -2.18. The van der Waals surface area contributed by atoms with Gasteiger partial charge in [0.25, 0.3) is 0 Å². The topological polar surface area (TPSA) is 18.5 Å². The van der Waals surface area contributed by atoms with Crippen molar-refractivity contribution in [1.82, 2.24) is 0 Å². The molecule has 1 aliphatic carbocycles. The van der Waals surface area contributed by atoms with Gasteiger partial charge < -0.3 is 9.47 Å². The fourth-order valence-electron chi connectivity index (χ4n) is 2.24. The van der Waals surface area contributed by atoms with E-state index in [0.717, 1.165) is 17.4 Å². The summed E-state index contributed by atoms with van der Waals surface area (Å²) < 4.78 is 11.1. The highest BCUT2D eigenvalue weighted by atomic mass is 79.9. The molecule has 1 fully saturated rings. The molecule has 0 saturated heterocycles. The van der Waals surface area contributed by atoms with Crippen LogP contribution in [0.25, 0.3) is 0 Å². The van der Waals surface area contributed by atoms with Crippen molar-refractivity contribution >= 4 is 15.9 Å². The van der Waals surface area contributed by atoms with Crippen LogP contribution in [0.2, 0.25) is 0 Å². The first-order valence-corrected chi connectivity index (χ1v) is 6.80. The molecule has 0 bridgehead atoms. The van der Waals surface area contributed by atoms with Gasteiger partial charge in [0.05, 0.1) is 0 Å². The predicted molar refractivity (Wildman–Crippen MR) is 66.4 cm³/mol. The molecule has 1 aromatic carbocycles. The van der Waals surface area contributed by atoms with Crippen molar-refractivity contribution in [2.75, 3.05) is 13.2 Å². The molecule has 1 unspecified atom stereocenters. The summed E-state index contributed by atoms with van der Waals surface area (Å²) in [6.07, 6.45) is 4.05. The summed E-state index contributed by atoms with van der Waals surface area (Å²) in [5.41, 5.74) is 1.31. The Kier molecular flexibility index (Phi) is 2.80. The first-order chi connectivity index (χ1) is 7.84. The molecule has 1 aliphatic heterocycles. The van der Waals surface area contributed by atoms with Gasteiger partial charge in [0.2, 0.25) is 0 Å². The van der Waals surface area contributed by atoms with Crippen LogP contribution in [-0.2, 0) is 0 Å². The lowest BCUT2D eigenvalue weighted by molar-refractivity contribution is 0.171. The Bertz CT molecular complexity index is 388. The Balaban J connectivity index is 1.84. The molecule has 0 radical (unpaired) electrons. The van der Waals surface area contributed by atoms with E-state index in [-0.39, 0.29) is 0 Å². The van der Waals surface area contributed by atoms with Gasteiger partial charge in [-0.25, -0.2) is 0 Å². The third-order valence-corrected chi connectivity index (χ3v) is 4.72. The summed E-state index contributed by atoms with van der Waals surface area (Å²) in [5.74, 6) is 2.57. The predicted octanol–water partition coefficient (Wildman–Crippen LogP) is 3.69. The van der Waals surface area contributed by atoms with Crippen LogP contribution in [0.15, 0.2) is 18.2 Å². The second-order valence-electron chi connectivity index (χ2n) is 4.50. The smallest absolute Gasteiger partial charge is 0.161 e. The lowest BCUT2D eigenvalue weighted by Gasteiger charge is -2.31. The van der Waals surface area contributed by atoms with Gasteiger partial charge in [0, 0.05) is 4.83 Å². The fourth-order valence-corrected chi connectivity index (χ4v) is 3.05. The monoisotopic (exact) mass is 282 g/mol. The van der Waals surface area contributed by atoms with E-state index in [1.807, 2.05) is 6.07 Å². The van der Waals surface area contributed by atoms with Crippen molar-refractivity contribution in [2.24, 2.45) is 5.92 Å². The number of hydrogen-bond acceptors (Lipinski definition) is 2. The second-order valence-corrected chi connectivity index (χ2v) is 5.48. The van der Waals surface area contributed by atoms with Gasteiger partial charge in [-0.15, -0.1) is 0 Å². The zero-order chi connectivity index (χ0) is 11.0. The van der Waals surface area contributed by atoms with Crippen molar-refractivity contribution in [3.05, 3.63) is 23.8 Å². The van der Waals surface area contributed by atoms with Gasteiger partial charge in [-0.2, -0.15) is 0 Å². The van der Waals surface area contributed by atoms with E-state index in [0.29, 0.717) is 18.0 Å². The van der Waals surface area contributed by atoms with Gasteiger partial charge in [-0.3, -0.25) is 0 Å². The van der Waals surface area contributed by atoms with Crippen LogP contribution in [0, 0.1) is 5.92 Å². The molecule has 0 N–H and O–H groups in total. The largest absolute Gasteiger partial charge is 0.486 e. The first kappa shape index (κ1) is 10.5. The van der Waals surface area contributed by atoms with Gasteiger partial charge in [-0.05, 0) is 36.5 Å². The standard InChI is InChI=1S/C13H15BrO2/c14-13(9-2-1-3-9)10-4-5-11-12(8-10)16-7-6-15-11/h4-5,8-9,13H,1-3,6-7H2. The second kappa shape index (κ2) is 4.28. The molecule has 2 aliphatic rings. The van der Waals surface area contributed by atoms with E-state index in [1.54, 1.807) is 0 Å². The lowest BCUT2D eigenvalue weighted by atomic mass is 9.81. The first-order valence-electron chi connectivity index (χ1n) is 5.88. The number of benzene rings is 1. The summed E-state index contributed by atoms with van der Waals surface area (Å²) in [6, 6.07) is 6.29. The Hall–Kier alpha value is -0.700. The van der Waals surface area contributed by atoms with Crippen molar-refractivity contribution in [1.29, 1.82) is 0 Å². The average molecular weight is 283 g/mol. The van der Waals surface area contributed by atoms with E-state index in [1.165, 1.54) is 24.8 Å². The summed E-state index contributed by atoms with van der Waals surface area (Å²) in [6.45, 7) is 1.32. The fraction of sp³-hybridized carbons (Fsp3) is 0.538. The molecule has 1 saturated carbocycles. The van der Waals surface area contributed by atoms with Crippen molar-refractivity contribution in [3.8, 4) is 11.5 Å². The van der Waals surface area contributed by atoms with Crippen molar-refractivity contribution in [3.63, 3.8) is 0 Å². The quantitative estimate of drug-likeness (QED) is 0.771. The molecule has 1 heterocycles. The average Bonchev–Trinajstić information content (AvgIpc) is 2.26. The molecule has 2 nitrogen and oxygen atoms in total. The van der Waals surface area contributed by atoms with Gasteiger partial charge >= 0.3 is 0 Å². The molecule has 0 spiro atoms. The number of rotatable bonds is 2. The zero-order valence-electron chi connectivity index (χ0n) is 9.12. The maximum atomic E-state index is 5.60. The SMILES string of the molecule is BrC(c1ccc2c(c1)OCCO2)C1CCC1. The normalized spacial score (nSPS) is 21.3. The Morgan fingerprint density at radius 2 is 1.88 bits per heavy atom. The third-order valence-electron chi connectivity index (χ3n) is 3.45. The van der Waals surface area contributed by atoms with Crippen LogP contribution >= 0.6 is 15.9 Å². The van der Waals surface area contributed by atoms with Gasteiger partial charge in [0.1, 0.15) is 13.2 Å². The molecule has 3 heteroatoms. The van der Waals surface area contributed by atoms with Crippen molar-refractivity contribution < 1.29 is 9.47 Å². The molecule has 0 amide bonds. The number of hydrogen-bond donors (Lipinski definition) is 0. The molecular formula is C13H15BrO2. The minimum Gasteiger partial charge on any atom is -0.486 e. The van der Waals surface area contributed by atoms with E-state index >= 15 is 0 Å². The Labute approximate surface area is 104 Å². The minimum atomic E-state index is 0.470. The van der Waals surface area contributed by atoms with E-state index in [4.69, 9.17) is 9.47 Å². The van der Waals surface area contributed by atoms with Crippen LogP contribution in [0.3, 0.4) is 0 Å². The summed E-state index contributed by atoms with van der Waals surface area (Å²) in [5, 5.41) is 0. The molecule has 3 rings (SSSR count). The number of fused-ring (bicyclic) bond motifs is 1. The number of ether oxygens (including phenoxy) is 2. The number of halogens is 1. The molecule has 86 valence electrons. The maximum absolute atomic E-state index is 5.60. The molecular weight excluding hydrogens is 268 g/mol. The Morgan fingerprint density at radius 3 is 2.56 bits per heavy atom. The van der Waals surface area contributed by atoms with Crippen LogP contribution in [-0.4, -0.2) is 13.2 Å². The van der Waals surface area contributed by atoms with Gasteiger partial charge in [-0.1, -0.05) is 28.4 Å². The highest BCUT2D eigenvalue weighted by Crippen LogP contribution is 2.45. The maximum Gasteiger partial charge on any atom is 0.161 e. The van der Waals surface area contributed by atoms with Crippen molar-refractivity contribution in [2.45, 2.75) is 24.1 Å². The Morgan fingerprint density at radius 1 is 1.12 bits per heavy atom. The molecule has 0 aromatic heterocycles. The van der Waals surface area contributed by atoms with Crippen LogP contribution in [0.4, 0.5) is 0 Å². The van der Waals surface area contributed by atoms with Crippen LogP contribution < -0.4 is 9.47 Å². The zero-order valence-corrected chi connectivity index (χ0v) is 10.7. The highest BCUT2D eigenvalue weighted by molar-refractivity contribution is 9.09. The summed E-state index contributed by atoms with van der Waals surface area (Å²) >= 11 is 3.79. The van der Waals surface area contributed by atoms with E-state index < -0.39 is 0 Å². The molecule has 1 atom stereocenters. The molecule has 1 aromatic rings. The highest BCUT2D eigenvalue weighted by Gasteiger charge is 2.27. The minimum absolute atomic E-state index is 0.470. The molecule has 16 heavy (non-hydrogen) atoms. The summed E-state index contributed by atoms with van der Waals surface area (Å²) in [7, 11) is 0. The van der Waals surface area contributed by atoms with E-state index in [2.05, 4.69) is 28.1 Å².